The van der Waals surface area contributed by atoms with Crippen molar-refractivity contribution in [3.05, 3.63) is 240 Å². The zero-order valence-electron chi connectivity index (χ0n) is 34.0. The standard InChI is InChI=1S/C59H39N3/c1-2-15-39(16-3-1)60(40-30-32-41(33-31-40)61-53-25-10-5-17-44(53)45-18-6-11-26-54(45)61)42-34-35-43-38(37-42)29-36-51-57(43)48-20-4-8-22-49(48)59(51)50-23-9-13-28-56(50)62-55-27-12-7-19-46(55)47-21-14-24-52(59)58(47)62/h1-6,8-18,20-37H,7,19H2. The van der Waals surface area contributed by atoms with E-state index in [1.807, 2.05) is 0 Å². The van der Waals surface area contributed by atoms with Gasteiger partial charge in [-0.25, -0.2) is 0 Å². The molecule has 3 aliphatic rings. The SMILES string of the molecule is C1=Cc2c(c3cccc4c3n2-c2ccccc2C42c3ccccc3-c3c2ccc2cc(N(c4ccccc4)c4ccc(-n5c6ccccc6c6ccccc65)cc4)ccc32)CC1. The second-order valence-electron chi connectivity index (χ2n) is 17.1. The molecular formula is C59H39N3. The third-order valence-corrected chi connectivity index (χ3v) is 14.2. The number of allylic oxidation sites excluding steroid dienone is 1. The Kier molecular flexibility index (Phi) is 6.88. The van der Waals surface area contributed by atoms with Crippen LogP contribution < -0.4 is 4.90 Å². The van der Waals surface area contributed by atoms with Crippen LogP contribution in [0.15, 0.2) is 206 Å². The van der Waals surface area contributed by atoms with Crippen molar-refractivity contribution < 1.29 is 0 Å². The van der Waals surface area contributed by atoms with E-state index in [4.69, 9.17) is 0 Å². The third kappa shape index (κ3) is 4.34. The number of para-hydroxylation sites is 5. The van der Waals surface area contributed by atoms with Gasteiger partial charge in [-0.15, -0.1) is 0 Å². The van der Waals surface area contributed by atoms with Crippen molar-refractivity contribution in [2.24, 2.45) is 0 Å². The summed E-state index contributed by atoms with van der Waals surface area (Å²) in [6, 6.07) is 74.6. The van der Waals surface area contributed by atoms with Gasteiger partial charge in [-0.05, 0) is 135 Å². The number of anilines is 3. The molecule has 0 saturated carbocycles. The summed E-state index contributed by atoms with van der Waals surface area (Å²) in [6.45, 7) is 0. The number of hydrogen-bond acceptors (Lipinski definition) is 1. The molecule has 1 unspecified atom stereocenters. The first kappa shape index (κ1) is 33.9. The molecule has 0 N–H and O–H groups in total. The monoisotopic (exact) mass is 789 g/mol. The van der Waals surface area contributed by atoms with E-state index >= 15 is 0 Å². The highest BCUT2D eigenvalue weighted by Gasteiger charge is 2.51. The quantitative estimate of drug-likeness (QED) is 0.173. The van der Waals surface area contributed by atoms with Gasteiger partial charge in [0.25, 0.3) is 0 Å². The van der Waals surface area contributed by atoms with Crippen LogP contribution in [0.5, 0.6) is 0 Å². The van der Waals surface area contributed by atoms with Crippen molar-refractivity contribution in [3.8, 4) is 22.5 Å². The maximum atomic E-state index is 2.57. The van der Waals surface area contributed by atoms with E-state index in [0.717, 1.165) is 35.6 Å². The lowest BCUT2D eigenvalue weighted by Gasteiger charge is -2.39. The minimum Gasteiger partial charge on any atom is -0.310 e. The van der Waals surface area contributed by atoms with Crippen molar-refractivity contribution in [2.45, 2.75) is 18.3 Å². The molecule has 2 aromatic heterocycles. The van der Waals surface area contributed by atoms with Crippen molar-refractivity contribution in [1.82, 2.24) is 9.13 Å². The molecule has 0 saturated heterocycles. The molecular weight excluding hydrogens is 751 g/mol. The Morgan fingerprint density at radius 3 is 1.94 bits per heavy atom. The lowest BCUT2D eigenvalue weighted by molar-refractivity contribution is 0.744. The van der Waals surface area contributed by atoms with Crippen LogP contribution in [0.1, 0.15) is 39.9 Å². The normalized spacial score (nSPS) is 15.6. The van der Waals surface area contributed by atoms with Gasteiger partial charge < -0.3 is 14.0 Å². The van der Waals surface area contributed by atoms with Crippen molar-refractivity contribution in [1.29, 1.82) is 0 Å². The van der Waals surface area contributed by atoms with Gasteiger partial charge in [-0.2, -0.15) is 0 Å². The second-order valence-corrected chi connectivity index (χ2v) is 17.1. The summed E-state index contributed by atoms with van der Waals surface area (Å²) in [5.41, 5.74) is 20.0. The molecule has 0 radical (unpaired) electrons. The molecule has 14 rings (SSSR count). The van der Waals surface area contributed by atoms with E-state index in [0.29, 0.717) is 0 Å². The highest BCUT2D eigenvalue weighted by Crippen LogP contribution is 2.62. The largest absolute Gasteiger partial charge is 0.310 e. The molecule has 0 bridgehead atoms. The molecule has 11 aromatic rings. The van der Waals surface area contributed by atoms with Gasteiger partial charge in [0.05, 0.1) is 27.7 Å². The van der Waals surface area contributed by atoms with Gasteiger partial charge >= 0.3 is 0 Å². The molecule has 290 valence electrons. The number of aromatic nitrogens is 2. The Hall–Kier alpha value is -7.88. The number of nitrogens with zero attached hydrogens (tertiary/aromatic N) is 3. The van der Waals surface area contributed by atoms with Crippen LogP contribution in [0.25, 0.3) is 72.1 Å². The lowest BCUT2D eigenvalue weighted by atomic mass is 9.65. The Balaban J connectivity index is 0.958. The highest BCUT2D eigenvalue weighted by atomic mass is 15.1. The average Bonchev–Trinajstić information content (AvgIpc) is 3.97. The maximum Gasteiger partial charge on any atom is 0.0754 e. The molecule has 1 aliphatic heterocycles. The van der Waals surface area contributed by atoms with E-state index in [1.54, 1.807) is 0 Å². The molecule has 1 atom stereocenters. The fraction of sp³-hybridized carbons (Fsp3) is 0.0508. The molecule has 0 fully saturated rings. The van der Waals surface area contributed by atoms with Crippen LogP contribution in [-0.4, -0.2) is 9.13 Å². The van der Waals surface area contributed by atoms with Crippen molar-refractivity contribution in [3.63, 3.8) is 0 Å². The number of rotatable bonds is 4. The van der Waals surface area contributed by atoms with E-state index in [1.165, 1.54) is 93.8 Å². The molecule has 9 aromatic carbocycles. The molecule has 0 amide bonds. The summed E-state index contributed by atoms with van der Waals surface area (Å²) in [5.74, 6) is 0. The van der Waals surface area contributed by atoms with Gasteiger partial charge in [0.2, 0.25) is 0 Å². The number of fused-ring (bicyclic) bond motifs is 17. The topological polar surface area (TPSA) is 13.1 Å². The summed E-state index contributed by atoms with van der Waals surface area (Å²) in [7, 11) is 0. The second kappa shape index (κ2) is 12.6. The van der Waals surface area contributed by atoms with E-state index in [9.17, 15) is 0 Å². The maximum absolute atomic E-state index is 2.57. The molecule has 3 heterocycles. The van der Waals surface area contributed by atoms with Crippen LogP contribution in [0.3, 0.4) is 0 Å². The third-order valence-electron chi connectivity index (χ3n) is 14.2. The molecule has 2 aliphatic carbocycles. The fourth-order valence-corrected chi connectivity index (χ4v) is 11.8. The van der Waals surface area contributed by atoms with Crippen LogP contribution in [0.2, 0.25) is 0 Å². The van der Waals surface area contributed by atoms with Gasteiger partial charge in [0, 0.05) is 44.6 Å². The van der Waals surface area contributed by atoms with Crippen molar-refractivity contribution in [2.75, 3.05) is 4.90 Å². The van der Waals surface area contributed by atoms with Gasteiger partial charge in [-0.3, -0.25) is 0 Å². The number of aryl methyl sites for hydroxylation is 1. The lowest BCUT2D eigenvalue weighted by Crippen LogP contribution is -2.33. The zero-order chi connectivity index (χ0) is 40.5. The minimum absolute atomic E-state index is 0.455. The van der Waals surface area contributed by atoms with E-state index < -0.39 is 5.41 Å². The van der Waals surface area contributed by atoms with Crippen LogP contribution in [-0.2, 0) is 11.8 Å². The summed E-state index contributed by atoms with van der Waals surface area (Å²) < 4.78 is 4.95. The predicted octanol–water partition coefficient (Wildman–Crippen LogP) is 15.0. The van der Waals surface area contributed by atoms with Crippen LogP contribution in [0.4, 0.5) is 17.1 Å². The Morgan fingerprint density at radius 2 is 1.11 bits per heavy atom. The Labute approximate surface area is 359 Å². The fourth-order valence-electron chi connectivity index (χ4n) is 11.8. The summed E-state index contributed by atoms with van der Waals surface area (Å²) in [4.78, 5) is 2.39. The first-order valence-electron chi connectivity index (χ1n) is 21.8. The molecule has 3 heteroatoms. The van der Waals surface area contributed by atoms with Gasteiger partial charge in [0.15, 0.2) is 0 Å². The molecule has 3 nitrogen and oxygen atoms in total. The van der Waals surface area contributed by atoms with Crippen LogP contribution >= 0.6 is 0 Å². The highest BCUT2D eigenvalue weighted by molar-refractivity contribution is 6.10. The number of hydrogen-bond donors (Lipinski definition) is 0. The smallest absolute Gasteiger partial charge is 0.0754 e. The Bertz CT molecular complexity index is 3640. The first-order chi connectivity index (χ1) is 30.8. The number of benzene rings is 9. The van der Waals surface area contributed by atoms with Crippen molar-refractivity contribution >= 4 is 66.6 Å². The predicted molar refractivity (Wildman–Crippen MR) is 258 cm³/mol. The minimum atomic E-state index is -0.455. The Morgan fingerprint density at radius 1 is 0.452 bits per heavy atom. The molecule has 1 spiro atoms. The summed E-state index contributed by atoms with van der Waals surface area (Å²) in [6.07, 6.45) is 6.86. The summed E-state index contributed by atoms with van der Waals surface area (Å²) >= 11 is 0. The summed E-state index contributed by atoms with van der Waals surface area (Å²) in [5, 5.41) is 6.42. The van der Waals surface area contributed by atoms with Gasteiger partial charge in [0.1, 0.15) is 0 Å². The average molecular weight is 790 g/mol. The van der Waals surface area contributed by atoms with E-state index in [-0.39, 0.29) is 0 Å². The first-order valence-corrected chi connectivity index (χ1v) is 21.8. The zero-order valence-corrected chi connectivity index (χ0v) is 34.0. The van der Waals surface area contributed by atoms with Gasteiger partial charge in [-0.1, -0.05) is 140 Å². The van der Waals surface area contributed by atoms with E-state index in [2.05, 4.69) is 226 Å². The molecule has 62 heavy (non-hydrogen) atoms. The van der Waals surface area contributed by atoms with Crippen LogP contribution in [0, 0.1) is 0 Å².